The summed E-state index contributed by atoms with van der Waals surface area (Å²) in [5, 5.41) is 9.39. The van der Waals surface area contributed by atoms with Crippen LogP contribution in [0.15, 0.2) is 30.3 Å². The van der Waals surface area contributed by atoms with Crippen LogP contribution in [0.5, 0.6) is 0 Å². The fourth-order valence-corrected chi connectivity index (χ4v) is 2.89. The standard InChI is InChI=1S/C16H21NO4/c1-17(14(15(18)19)13-9-5-6-10-13)16(20)21-11-12-7-3-2-4-8-12/h2-4,7-8,13-14H,5-6,9-11H2,1H3,(H,18,19). The normalized spacial score (nSPS) is 16.4. The smallest absolute Gasteiger partial charge is 0.410 e. The van der Waals surface area contributed by atoms with Crippen LogP contribution in [0.4, 0.5) is 4.79 Å². The number of carboxylic acid groups (broad SMARTS) is 1. The fourth-order valence-electron chi connectivity index (χ4n) is 2.89. The fraction of sp³-hybridized carbons (Fsp3) is 0.500. The zero-order valence-corrected chi connectivity index (χ0v) is 12.2. The molecule has 1 aliphatic carbocycles. The summed E-state index contributed by atoms with van der Waals surface area (Å²) in [4.78, 5) is 24.7. The number of carbonyl (C=O) groups is 2. The molecule has 1 saturated carbocycles. The second-order valence-corrected chi connectivity index (χ2v) is 5.48. The molecule has 1 atom stereocenters. The van der Waals surface area contributed by atoms with Crippen LogP contribution in [0, 0.1) is 5.92 Å². The number of benzene rings is 1. The molecule has 1 amide bonds. The average molecular weight is 291 g/mol. The highest BCUT2D eigenvalue weighted by Gasteiger charge is 2.36. The van der Waals surface area contributed by atoms with Gasteiger partial charge in [0.2, 0.25) is 0 Å². The molecular weight excluding hydrogens is 270 g/mol. The summed E-state index contributed by atoms with van der Waals surface area (Å²) in [5.74, 6) is -0.933. The molecule has 1 aliphatic rings. The number of amides is 1. The van der Waals surface area contributed by atoms with E-state index in [4.69, 9.17) is 4.74 Å². The van der Waals surface area contributed by atoms with Crippen LogP contribution >= 0.6 is 0 Å². The van der Waals surface area contributed by atoms with E-state index >= 15 is 0 Å². The van der Waals surface area contributed by atoms with Crippen LogP contribution in [0.3, 0.4) is 0 Å². The van der Waals surface area contributed by atoms with E-state index in [9.17, 15) is 14.7 Å². The Morgan fingerprint density at radius 2 is 1.90 bits per heavy atom. The summed E-state index contributed by atoms with van der Waals surface area (Å²) in [6.45, 7) is 0.154. The summed E-state index contributed by atoms with van der Waals surface area (Å²) in [6.07, 6.45) is 3.18. The van der Waals surface area contributed by atoms with E-state index in [-0.39, 0.29) is 12.5 Å². The van der Waals surface area contributed by atoms with Gasteiger partial charge in [0.1, 0.15) is 12.6 Å². The zero-order valence-electron chi connectivity index (χ0n) is 12.2. The number of ether oxygens (including phenoxy) is 1. The van der Waals surface area contributed by atoms with Crippen LogP contribution in [-0.4, -0.2) is 35.2 Å². The maximum absolute atomic E-state index is 12.1. The van der Waals surface area contributed by atoms with Gasteiger partial charge in [-0.1, -0.05) is 43.2 Å². The van der Waals surface area contributed by atoms with Crippen molar-refractivity contribution in [2.45, 2.75) is 38.3 Å². The molecule has 2 rings (SSSR count). The van der Waals surface area contributed by atoms with Crippen LogP contribution in [0.25, 0.3) is 0 Å². The predicted octanol–water partition coefficient (Wildman–Crippen LogP) is 2.90. The van der Waals surface area contributed by atoms with Crippen molar-refractivity contribution < 1.29 is 19.4 Å². The number of aliphatic carboxylic acids is 1. The second kappa shape index (κ2) is 7.11. The molecule has 0 heterocycles. The molecule has 0 aliphatic heterocycles. The van der Waals surface area contributed by atoms with E-state index in [1.807, 2.05) is 30.3 Å². The lowest BCUT2D eigenvalue weighted by Crippen LogP contribution is -2.46. The molecule has 1 aromatic carbocycles. The molecule has 0 bridgehead atoms. The SMILES string of the molecule is CN(C(=O)OCc1ccccc1)C(C(=O)O)C1CCCC1. The van der Waals surface area contributed by atoms with Crippen LogP contribution < -0.4 is 0 Å². The number of rotatable bonds is 5. The molecule has 114 valence electrons. The molecule has 0 radical (unpaired) electrons. The third-order valence-corrected chi connectivity index (χ3v) is 4.01. The Balaban J connectivity index is 1.94. The Hall–Kier alpha value is -2.04. The average Bonchev–Trinajstić information content (AvgIpc) is 2.99. The van der Waals surface area contributed by atoms with Gasteiger partial charge in [0.25, 0.3) is 0 Å². The first-order chi connectivity index (χ1) is 10.1. The highest BCUT2D eigenvalue weighted by atomic mass is 16.6. The molecule has 0 saturated heterocycles. The first-order valence-electron chi connectivity index (χ1n) is 7.26. The number of hydrogen-bond donors (Lipinski definition) is 1. The van der Waals surface area contributed by atoms with Crippen molar-refractivity contribution in [2.24, 2.45) is 5.92 Å². The molecule has 1 unspecified atom stereocenters. The Morgan fingerprint density at radius 3 is 2.48 bits per heavy atom. The number of carboxylic acids is 1. The Bertz CT molecular complexity index is 482. The minimum atomic E-state index is -0.957. The van der Waals surface area contributed by atoms with Crippen molar-refractivity contribution in [1.29, 1.82) is 0 Å². The van der Waals surface area contributed by atoms with Gasteiger partial charge in [-0.2, -0.15) is 0 Å². The zero-order chi connectivity index (χ0) is 15.2. The summed E-state index contributed by atoms with van der Waals surface area (Å²) in [7, 11) is 1.50. The van der Waals surface area contributed by atoms with Gasteiger partial charge < -0.3 is 9.84 Å². The van der Waals surface area contributed by atoms with Crippen molar-refractivity contribution in [3.8, 4) is 0 Å². The lowest BCUT2D eigenvalue weighted by Gasteiger charge is -2.28. The monoisotopic (exact) mass is 291 g/mol. The number of hydrogen-bond acceptors (Lipinski definition) is 3. The van der Waals surface area contributed by atoms with E-state index in [1.165, 1.54) is 11.9 Å². The summed E-state index contributed by atoms with van der Waals surface area (Å²) < 4.78 is 5.20. The molecule has 1 fully saturated rings. The minimum Gasteiger partial charge on any atom is -0.480 e. The lowest BCUT2D eigenvalue weighted by molar-refractivity contribution is -0.144. The molecular formula is C16H21NO4. The first-order valence-corrected chi connectivity index (χ1v) is 7.26. The largest absolute Gasteiger partial charge is 0.480 e. The van der Waals surface area contributed by atoms with Crippen LogP contribution in [-0.2, 0) is 16.1 Å². The highest BCUT2D eigenvalue weighted by molar-refractivity contribution is 5.80. The molecule has 21 heavy (non-hydrogen) atoms. The van der Waals surface area contributed by atoms with Gasteiger partial charge in [0.05, 0.1) is 0 Å². The van der Waals surface area contributed by atoms with Crippen LogP contribution in [0.1, 0.15) is 31.2 Å². The number of likely N-dealkylation sites (N-methyl/N-ethyl adjacent to an activating group) is 1. The van der Waals surface area contributed by atoms with Gasteiger partial charge in [-0.25, -0.2) is 9.59 Å². The van der Waals surface area contributed by atoms with E-state index in [0.717, 1.165) is 31.2 Å². The molecule has 5 nitrogen and oxygen atoms in total. The van der Waals surface area contributed by atoms with E-state index in [1.54, 1.807) is 0 Å². The summed E-state index contributed by atoms with van der Waals surface area (Å²) in [6, 6.07) is 8.54. The molecule has 0 spiro atoms. The highest BCUT2D eigenvalue weighted by Crippen LogP contribution is 2.30. The van der Waals surface area contributed by atoms with Crippen molar-refractivity contribution >= 4 is 12.1 Å². The first kappa shape index (κ1) is 15.4. The molecule has 5 heteroatoms. The van der Waals surface area contributed by atoms with Crippen molar-refractivity contribution in [2.75, 3.05) is 7.05 Å². The number of nitrogens with zero attached hydrogens (tertiary/aromatic N) is 1. The van der Waals surface area contributed by atoms with Gasteiger partial charge in [-0.15, -0.1) is 0 Å². The third kappa shape index (κ3) is 3.97. The molecule has 1 aromatic rings. The topological polar surface area (TPSA) is 66.8 Å². The maximum Gasteiger partial charge on any atom is 0.410 e. The van der Waals surface area contributed by atoms with Crippen molar-refractivity contribution in [3.05, 3.63) is 35.9 Å². The summed E-state index contributed by atoms with van der Waals surface area (Å²) >= 11 is 0. The Kier molecular flexibility index (Phi) is 5.20. The molecule has 1 N–H and O–H groups in total. The maximum atomic E-state index is 12.1. The van der Waals surface area contributed by atoms with Gasteiger partial charge in [-0.05, 0) is 24.3 Å². The van der Waals surface area contributed by atoms with Crippen molar-refractivity contribution in [1.82, 2.24) is 4.90 Å². The van der Waals surface area contributed by atoms with E-state index < -0.39 is 18.1 Å². The lowest BCUT2D eigenvalue weighted by atomic mass is 9.97. The second-order valence-electron chi connectivity index (χ2n) is 5.48. The van der Waals surface area contributed by atoms with Crippen molar-refractivity contribution in [3.63, 3.8) is 0 Å². The predicted molar refractivity (Wildman–Crippen MR) is 77.8 cm³/mol. The van der Waals surface area contributed by atoms with Crippen LogP contribution in [0.2, 0.25) is 0 Å². The Labute approximate surface area is 124 Å². The van der Waals surface area contributed by atoms with Gasteiger partial charge >= 0.3 is 12.1 Å². The quantitative estimate of drug-likeness (QED) is 0.905. The third-order valence-electron chi connectivity index (χ3n) is 4.01. The van der Waals surface area contributed by atoms with Gasteiger partial charge in [-0.3, -0.25) is 4.90 Å². The minimum absolute atomic E-state index is 0.0248. The Morgan fingerprint density at radius 1 is 1.29 bits per heavy atom. The van der Waals surface area contributed by atoms with Gasteiger partial charge in [0.15, 0.2) is 0 Å². The molecule has 0 aromatic heterocycles. The summed E-state index contributed by atoms with van der Waals surface area (Å²) in [5.41, 5.74) is 0.881. The van der Waals surface area contributed by atoms with E-state index in [2.05, 4.69) is 0 Å². The van der Waals surface area contributed by atoms with Gasteiger partial charge in [0, 0.05) is 7.05 Å². The number of carbonyl (C=O) groups excluding carboxylic acids is 1. The van der Waals surface area contributed by atoms with E-state index in [0.29, 0.717) is 0 Å².